The summed E-state index contributed by atoms with van der Waals surface area (Å²) < 4.78 is 1.32. The minimum absolute atomic E-state index is 0.982. The van der Waals surface area contributed by atoms with Crippen LogP contribution in [-0.2, 0) is 0 Å². The normalized spacial score (nSPS) is 11.6. The predicted octanol–water partition coefficient (Wildman–Crippen LogP) is 3.31. The fourth-order valence-corrected chi connectivity index (χ4v) is 5.05. The summed E-state index contributed by atoms with van der Waals surface area (Å²) in [6.07, 6.45) is 1.86. The Kier molecular flexibility index (Phi) is 3.76. The van der Waals surface area contributed by atoms with Gasteiger partial charge in [0.05, 0.1) is 0 Å². The molecule has 3 heteroatoms. The molecule has 0 atom stereocenters. The molecule has 0 aliphatic heterocycles. The first-order chi connectivity index (χ1) is 8.36. The van der Waals surface area contributed by atoms with Crippen molar-refractivity contribution in [3.8, 4) is 11.4 Å². The first kappa shape index (κ1) is 13.5. The van der Waals surface area contributed by atoms with Crippen molar-refractivity contribution >= 4 is 22.1 Å². The fourth-order valence-electron chi connectivity index (χ4n) is 1.86. The van der Waals surface area contributed by atoms with Crippen LogP contribution in [0, 0.1) is 13.8 Å². The number of hydrogen-bond acceptors (Lipinski definition) is 2. The van der Waals surface area contributed by atoms with Crippen molar-refractivity contribution in [2.75, 3.05) is 0 Å². The van der Waals surface area contributed by atoms with Crippen LogP contribution >= 0.6 is 0 Å². The fraction of sp³-hybridized carbons (Fsp3) is 0.333. The van der Waals surface area contributed by atoms with E-state index in [2.05, 4.69) is 51.8 Å². The second-order valence-electron chi connectivity index (χ2n) is 5.88. The Morgan fingerprint density at radius 1 is 0.889 bits per heavy atom. The summed E-state index contributed by atoms with van der Waals surface area (Å²) in [4.78, 5) is 16.5. The number of aromatic nitrogens is 2. The summed E-state index contributed by atoms with van der Waals surface area (Å²) in [6, 6.07) is 8.49. The first-order valence-electron chi connectivity index (χ1n) is 6.28. The molecular weight excluding hydrogens is 327 g/mol. The SMILES string of the molecule is Cc1ccnc(-c2cc(C)c[c]([Sn]([CH3])([CH3])[CH3])n2)c1. The molecule has 0 unspecified atom stereocenters. The molecule has 18 heavy (non-hydrogen) atoms. The summed E-state index contributed by atoms with van der Waals surface area (Å²) in [5.41, 5.74) is 4.50. The third-order valence-electron chi connectivity index (χ3n) is 2.92. The number of hydrogen-bond donors (Lipinski definition) is 0. The average Bonchev–Trinajstić information content (AvgIpc) is 2.27. The van der Waals surface area contributed by atoms with Gasteiger partial charge in [0.25, 0.3) is 0 Å². The van der Waals surface area contributed by atoms with Crippen molar-refractivity contribution in [1.82, 2.24) is 9.97 Å². The predicted molar refractivity (Wildman–Crippen MR) is 79.9 cm³/mol. The van der Waals surface area contributed by atoms with E-state index in [1.165, 1.54) is 14.8 Å². The topological polar surface area (TPSA) is 25.8 Å². The molecule has 0 aliphatic carbocycles. The molecule has 94 valence electrons. The number of aryl methyl sites for hydroxylation is 2. The molecule has 2 nitrogen and oxygen atoms in total. The summed E-state index contributed by atoms with van der Waals surface area (Å²) in [7, 11) is 0. The van der Waals surface area contributed by atoms with Crippen molar-refractivity contribution in [2.45, 2.75) is 28.7 Å². The van der Waals surface area contributed by atoms with E-state index in [9.17, 15) is 0 Å². The maximum atomic E-state index is 4.85. The van der Waals surface area contributed by atoms with Gasteiger partial charge in [0, 0.05) is 0 Å². The Morgan fingerprint density at radius 2 is 1.56 bits per heavy atom. The van der Waals surface area contributed by atoms with E-state index in [1.807, 2.05) is 12.3 Å². The van der Waals surface area contributed by atoms with E-state index in [4.69, 9.17) is 4.98 Å². The number of nitrogens with zero attached hydrogens (tertiary/aromatic N) is 2. The van der Waals surface area contributed by atoms with Crippen LogP contribution in [0.1, 0.15) is 11.1 Å². The third-order valence-corrected chi connectivity index (χ3v) is 8.03. The second kappa shape index (κ2) is 5.00. The van der Waals surface area contributed by atoms with Crippen LogP contribution in [0.25, 0.3) is 11.4 Å². The van der Waals surface area contributed by atoms with Crippen molar-refractivity contribution < 1.29 is 0 Å². The van der Waals surface area contributed by atoms with Gasteiger partial charge in [-0.05, 0) is 0 Å². The molecule has 0 bridgehead atoms. The van der Waals surface area contributed by atoms with Gasteiger partial charge in [-0.1, -0.05) is 0 Å². The van der Waals surface area contributed by atoms with Crippen LogP contribution in [0.3, 0.4) is 0 Å². The summed E-state index contributed by atoms with van der Waals surface area (Å²) in [6.45, 7) is 4.23. The van der Waals surface area contributed by atoms with Gasteiger partial charge in [0.1, 0.15) is 0 Å². The van der Waals surface area contributed by atoms with Gasteiger partial charge in [0.2, 0.25) is 0 Å². The molecule has 2 aromatic rings. The van der Waals surface area contributed by atoms with Crippen molar-refractivity contribution in [3.63, 3.8) is 0 Å². The van der Waals surface area contributed by atoms with E-state index in [-0.39, 0.29) is 0 Å². The van der Waals surface area contributed by atoms with Gasteiger partial charge in [-0.3, -0.25) is 0 Å². The molecule has 0 aliphatic rings. The van der Waals surface area contributed by atoms with Crippen LogP contribution in [0.4, 0.5) is 0 Å². The molecule has 0 saturated carbocycles. The van der Waals surface area contributed by atoms with Gasteiger partial charge in [0.15, 0.2) is 0 Å². The monoisotopic (exact) mass is 348 g/mol. The molecule has 0 amide bonds. The number of rotatable bonds is 2. The van der Waals surface area contributed by atoms with E-state index >= 15 is 0 Å². The zero-order valence-electron chi connectivity index (χ0n) is 11.8. The Hall–Kier alpha value is -0.901. The maximum absolute atomic E-state index is 4.85. The quantitative estimate of drug-likeness (QED) is 0.779. The summed E-state index contributed by atoms with van der Waals surface area (Å²) >= 11 is -2.12. The molecule has 2 rings (SSSR count). The first-order valence-corrected chi connectivity index (χ1v) is 16.3. The van der Waals surface area contributed by atoms with E-state index < -0.39 is 18.4 Å². The molecule has 0 fully saturated rings. The molecule has 2 heterocycles. The van der Waals surface area contributed by atoms with Crippen LogP contribution in [-0.4, -0.2) is 28.3 Å². The Morgan fingerprint density at radius 3 is 2.17 bits per heavy atom. The molecule has 2 aromatic heterocycles. The van der Waals surface area contributed by atoms with Crippen LogP contribution in [0.15, 0.2) is 30.5 Å². The third kappa shape index (κ3) is 3.10. The standard InChI is InChI=1S/C12H11N2.3CH3.Sn/c1-9-3-5-13-11(7-9)12-8-10(2)4-6-14-12;;;;/h3-5,7-8H,1-2H3;3*1H3;. The van der Waals surface area contributed by atoms with Crippen molar-refractivity contribution in [2.24, 2.45) is 0 Å². The van der Waals surface area contributed by atoms with Crippen LogP contribution < -0.4 is 3.71 Å². The molecule has 0 spiro atoms. The minimum atomic E-state index is -2.12. The molecule has 0 radical (unpaired) electrons. The molecular formula is C15H20N2Sn. The van der Waals surface area contributed by atoms with E-state index in [1.54, 1.807) is 0 Å². The van der Waals surface area contributed by atoms with E-state index in [0.717, 1.165) is 11.4 Å². The molecule has 0 N–H and O–H groups in total. The average molecular weight is 347 g/mol. The van der Waals surface area contributed by atoms with Gasteiger partial charge < -0.3 is 0 Å². The Balaban J connectivity index is 2.55. The summed E-state index contributed by atoms with van der Waals surface area (Å²) in [5.74, 6) is 0. The second-order valence-corrected chi connectivity index (χ2v) is 20.2. The molecule has 0 saturated heterocycles. The zero-order valence-corrected chi connectivity index (χ0v) is 14.6. The summed E-state index contributed by atoms with van der Waals surface area (Å²) in [5, 5.41) is 0. The Labute approximate surface area is 113 Å². The van der Waals surface area contributed by atoms with Crippen molar-refractivity contribution in [1.29, 1.82) is 0 Å². The van der Waals surface area contributed by atoms with Crippen LogP contribution in [0.2, 0.25) is 14.8 Å². The van der Waals surface area contributed by atoms with Crippen LogP contribution in [0.5, 0.6) is 0 Å². The van der Waals surface area contributed by atoms with Gasteiger partial charge in [-0.25, -0.2) is 0 Å². The van der Waals surface area contributed by atoms with E-state index in [0.29, 0.717) is 0 Å². The van der Waals surface area contributed by atoms with Gasteiger partial charge in [-0.2, -0.15) is 0 Å². The van der Waals surface area contributed by atoms with Gasteiger partial charge in [-0.15, -0.1) is 0 Å². The van der Waals surface area contributed by atoms with Gasteiger partial charge >= 0.3 is 114 Å². The van der Waals surface area contributed by atoms with Crippen molar-refractivity contribution in [3.05, 3.63) is 41.6 Å². The number of pyridine rings is 2. The molecule has 0 aromatic carbocycles. The zero-order chi connectivity index (χ0) is 13.3. The Bertz CT molecular complexity index is 571.